The zero-order chi connectivity index (χ0) is 15.7. The second kappa shape index (κ2) is 7.53. The van der Waals surface area contributed by atoms with E-state index in [4.69, 9.17) is 23.1 Å². The Morgan fingerprint density at radius 3 is 2.59 bits per heavy atom. The van der Waals surface area contributed by atoms with Gasteiger partial charge in [0.25, 0.3) is 0 Å². The van der Waals surface area contributed by atoms with Gasteiger partial charge in [0.05, 0.1) is 23.8 Å². The summed E-state index contributed by atoms with van der Waals surface area (Å²) < 4.78 is 14.6. The molecule has 1 amide bonds. The summed E-state index contributed by atoms with van der Waals surface area (Å²) in [5.41, 5.74) is 9.43. The Morgan fingerprint density at radius 2 is 2.05 bits per heavy atom. The zero-order valence-corrected chi connectivity index (χ0v) is 15.3. The van der Waals surface area contributed by atoms with E-state index < -0.39 is 23.4 Å². The molecule has 22 heavy (non-hydrogen) atoms. The number of nitrogen functional groups attached to an aromatic ring is 1. The van der Waals surface area contributed by atoms with Crippen LogP contribution in [0.4, 0.5) is 10.1 Å². The summed E-state index contributed by atoms with van der Waals surface area (Å²) >= 11 is 5.75. The predicted octanol–water partition coefficient (Wildman–Crippen LogP) is -3.36. The van der Waals surface area contributed by atoms with Gasteiger partial charge in [-0.15, -0.1) is 0 Å². The molecule has 1 heterocycles. The molecule has 0 aliphatic heterocycles. The van der Waals surface area contributed by atoms with E-state index in [-0.39, 0.29) is 79.9 Å². The van der Waals surface area contributed by atoms with Crippen molar-refractivity contribution in [2.75, 3.05) is 5.73 Å². The van der Waals surface area contributed by atoms with E-state index in [0.29, 0.717) is 0 Å². The molecule has 2 aromatic rings. The van der Waals surface area contributed by atoms with Crippen molar-refractivity contribution in [2.45, 2.75) is 6.42 Å². The van der Waals surface area contributed by atoms with Crippen molar-refractivity contribution >= 4 is 29.2 Å². The Bertz CT molecular complexity index is 750. The first kappa shape index (κ1) is 19.1. The Morgan fingerprint density at radius 1 is 1.41 bits per heavy atom. The van der Waals surface area contributed by atoms with Gasteiger partial charge in [0, 0.05) is 5.02 Å². The number of nitrogens with two attached hydrogens (primary N) is 2. The number of rotatable bonds is 4. The number of carboxylic acids is 1. The fourth-order valence-corrected chi connectivity index (χ4v) is 1.96. The average molecular weight is 351 g/mol. The molecular formula is C12H9ClFKN4O3. The smallest absolute Gasteiger partial charge is 0.543 e. The number of anilines is 1. The molecule has 2 rings (SSSR count). The quantitative estimate of drug-likeness (QED) is 0.557. The molecule has 0 saturated carbocycles. The van der Waals surface area contributed by atoms with E-state index in [1.54, 1.807) is 0 Å². The number of hydrogen-bond acceptors (Lipinski definition) is 5. The van der Waals surface area contributed by atoms with Gasteiger partial charge in [-0.3, -0.25) is 4.79 Å². The van der Waals surface area contributed by atoms with Crippen molar-refractivity contribution in [3.05, 3.63) is 40.4 Å². The fourth-order valence-electron chi connectivity index (χ4n) is 1.79. The molecule has 0 atom stereocenters. The van der Waals surface area contributed by atoms with E-state index >= 15 is 0 Å². The van der Waals surface area contributed by atoms with Gasteiger partial charge in [-0.1, -0.05) is 11.6 Å². The number of primary amides is 1. The molecule has 10 heteroatoms. The Labute approximate surface area is 171 Å². The van der Waals surface area contributed by atoms with Crippen molar-refractivity contribution in [3.63, 3.8) is 0 Å². The van der Waals surface area contributed by atoms with Crippen LogP contribution in [0.25, 0.3) is 5.69 Å². The molecule has 7 nitrogen and oxygen atoms in total. The van der Waals surface area contributed by atoms with Crippen LogP contribution in [-0.4, -0.2) is 21.7 Å². The molecule has 110 valence electrons. The molecule has 0 bridgehead atoms. The van der Waals surface area contributed by atoms with Gasteiger partial charge in [-0.05, 0) is 18.2 Å². The third kappa shape index (κ3) is 3.86. The Hall–Kier alpha value is -0.974. The summed E-state index contributed by atoms with van der Waals surface area (Å²) in [5.74, 6) is -3.20. The van der Waals surface area contributed by atoms with Crippen LogP contribution in [0.1, 0.15) is 16.2 Å². The molecule has 0 aliphatic carbocycles. The van der Waals surface area contributed by atoms with E-state index in [1.165, 1.54) is 12.1 Å². The van der Waals surface area contributed by atoms with Crippen LogP contribution >= 0.6 is 11.6 Å². The van der Waals surface area contributed by atoms with Crippen molar-refractivity contribution in [2.24, 2.45) is 5.73 Å². The van der Waals surface area contributed by atoms with Gasteiger partial charge in [-0.2, -0.15) is 5.10 Å². The number of carbonyl (C=O) groups excluding carboxylic acids is 2. The monoisotopic (exact) mass is 350 g/mol. The van der Waals surface area contributed by atoms with Crippen molar-refractivity contribution in [1.82, 2.24) is 9.78 Å². The standard InChI is InChI=1S/C12H10ClFN4O3.K/c13-5-1-2-6(14)8(3-5)18-11(12(20)21)10(16)7(17-18)4-9(15)19;/h1-3H,4,16H2,(H2,15,19)(H,20,21);/q;+1/p-1. The van der Waals surface area contributed by atoms with E-state index in [2.05, 4.69) is 5.10 Å². The predicted molar refractivity (Wildman–Crippen MR) is 70.2 cm³/mol. The van der Waals surface area contributed by atoms with Crippen LogP contribution in [0.3, 0.4) is 0 Å². The first-order chi connectivity index (χ1) is 9.81. The number of halogens is 2. The zero-order valence-electron chi connectivity index (χ0n) is 11.5. The van der Waals surface area contributed by atoms with Crippen LogP contribution in [0.5, 0.6) is 0 Å². The number of nitrogens with zero attached hydrogens (tertiary/aromatic N) is 2. The van der Waals surface area contributed by atoms with Crippen LogP contribution in [0.15, 0.2) is 18.2 Å². The summed E-state index contributed by atoms with van der Waals surface area (Å²) in [6.07, 6.45) is -0.388. The van der Waals surface area contributed by atoms with Crippen LogP contribution in [0.2, 0.25) is 5.02 Å². The van der Waals surface area contributed by atoms with Crippen molar-refractivity contribution < 1.29 is 70.5 Å². The van der Waals surface area contributed by atoms with E-state index in [0.717, 1.165) is 10.7 Å². The first-order valence-electron chi connectivity index (χ1n) is 5.63. The van der Waals surface area contributed by atoms with E-state index in [9.17, 15) is 19.1 Å². The average Bonchev–Trinajstić information content (AvgIpc) is 2.69. The minimum Gasteiger partial charge on any atom is -0.543 e. The number of aromatic carboxylic acids is 1. The molecule has 0 aliphatic rings. The normalized spacial score (nSPS) is 10.1. The summed E-state index contributed by atoms with van der Waals surface area (Å²) in [4.78, 5) is 22.1. The van der Waals surface area contributed by atoms with Crippen LogP contribution in [0, 0.1) is 5.82 Å². The molecule has 0 saturated heterocycles. The molecule has 1 aromatic heterocycles. The fraction of sp³-hybridized carbons (Fsp3) is 0.0833. The van der Waals surface area contributed by atoms with E-state index in [1.807, 2.05) is 0 Å². The van der Waals surface area contributed by atoms with Crippen molar-refractivity contribution in [1.29, 1.82) is 0 Å². The Kier molecular flexibility index (Phi) is 6.53. The maximum absolute atomic E-state index is 13.8. The van der Waals surface area contributed by atoms with Gasteiger partial charge in [0.1, 0.15) is 17.2 Å². The SMILES string of the molecule is NC(=O)Cc1nn(-c2cc(Cl)ccc2F)c(C(=O)[O-])c1N.[K+]. The summed E-state index contributed by atoms with van der Waals surface area (Å²) in [7, 11) is 0. The molecule has 0 radical (unpaired) electrons. The second-order valence-corrected chi connectivity index (χ2v) is 4.58. The maximum atomic E-state index is 13.8. The summed E-state index contributed by atoms with van der Waals surface area (Å²) in [5, 5.41) is 15.2. The second-order valence-electron chi connectivity index (χ2n) is 4.15. The van der Waals surface area contributed by atoms with Gasteiger partial charge in [0.15, 0.2) is 0 Å². The summed E-state index contributed by atoms with van der Waals surface area (Å²) in [6, 6.07) is 3.50. The first-order valence-corrected chi connectivity index (χ1v) is 6.01. The largest absolute Gasteiger partial charge is 1.00 e. The van der Waals surface area contributed by atoms with Gasteiger partial charge in [0.2, 0.25) is 5.91 Å². The summed E-state index contributed by atoms with van der Waals surface area (Å²) in [6.45, 7) is 0. The maximum Gasteiger partial charge on any atom is 1.00 e. The molecule has 4 N–H and O–H groups in total. The third-order valence-corrected chi connectivity index (χ3v) is 2.91. The minimum absolute atomic E-state index is 0. The third-order valence-electron chi connectivity index (χ3n) is 2.67. The number of amides is 1. The number of hydrogen-bond donors (Lipinski definition) is 2. The molecule has 0 fully saturated rings. The molecule has 1 aromatic carbocycles. The van der Waals surface area contributed by atoms with Gasteiger partial charge >= 0.3 is 51.4 Å². The van der Waals surface area contributed by atoms with Crippen molar-refractivity contribution in [3.8, 4) is 5.69 Å². The van der Waals surface area contributed by atoms with Gasteiger partial charge < -0.3 is 21.4 Å². The number of benzene rings is 1. The molecular weight excluding hydrogens is 342 g/mol. The Balaban J connectivity index is 0.00000242. The minimum atomic E-state index is -1.67. The van der Waals surface area contributed by atoms with Crippen LogP contribution < -0.4 is 68.0 Å². The number of aromatic nitrogens is 2. The van der Waals surface area contributed by atoms with Gasteiger partial charge in [-0.25, -0.2) is 9.07 Å². The van der Waals surface area contributed by atoms with Crippen LogP contribution in [-0.2, 0) is 11.2 Å². The molecule has 0 unspecified atom stereocenters. The number of carbonyl (C=O) groups is 2. The topological polar surface area (TPSA) is 127 Å². The number of carboxylic acid groups (broad SMARTS) is 1. The molecule has 0 spiro atoms.